The molecule has 2 aliphatic heterocycles. The van der Waals surface area contributed by atoms with Crippen LogP contribution < -0.4 is 9.64 Å². The van der Waals surface area contributed by atoms with Crippen LogP contribution in [0, 0.1) is 0 Å². The Hall–Kier alpha value is -2.40. The van der Waals surface area contributed by atoms with Gasteiger partial charge in [0.05, 0.1) is 22.2 Å². The van der Waals surface area contributed by atoms with Gasteiger partial charge in [-0.2, -0.15) is 0 Å². The first-order chi connectivity index (χ1) is 13.2. The monoisotopic (exact) mass is 378 g/mol. The zero-order valence-electron chi connectivity index (χ0n) is 15.4. The van der Waals surface area contributed by atoms with Gasteiger partial charge >= 0.3 is 0 Å². The molecule has 1 saturated heterocycles. The number of para-hydroxylation sites is 1. The summed E-state index contributed by atoms with van der Waals surface area (Å²) < 4.78 is 7.59. The van der Waals surface area contributed by atoms with Gasteiger partial charge in [0.1, 0.15) is 11.4 Å². The third-order valence-electron chi connectivity index (χ3n) is 5.79. The molecule has 4 nitrogen and oxygen atoms in total. The number of fused-ring (bicyclic) bond motifs is 2. The van der Waals surface area contributed by atoms with Gasteiger partial charge in [-0.15, -0.1) is 0 Å². The Bertz CT molecular complexity index is 1020. The lowest BCUT2D eigenvalue weighted by atomic mass is 9.82. The Morgan fingerprint density at radius 3 is 2.81 bits per heavy atom. The third-order valence-corrected chi connectivity index (χ3v) is 6.87. The van der Waals surface area contributed by atoms with Crippen LogP contribution in [0.2, 0.25) is 0 Å². The molecule has 0 aliphatic carbocycles. The number of hydrogen-bond donors (Lipinski definition) is 0. The zero-order valence-corrected chi connectivity index (χ0v) is 16.2. The van der Waals surface area contributed by atoms with Gasteiger partial charge < -0.3 is 9.64 Å². The van der Waals surface area contributed by atoms with Crippen LogP contribution in [0.1, 0.15) is 42.1 Å². The highest BCUT2D eigenvalue weighted by Crippen LogP contribution is 2.41. The van der Waals surface area contributed by atoms with Crippen LogP contribution in [0.15, 0.2) is 42.5 Å². The fraction of sp³-hybridized carbons (Fsp3) is 0.364. The molecule has 0 radical (unpaired) electrons. The Kier molecular flexibility index (Phi) is 3.93. The van der Waals surface area contributed by atoms with Crippen molar-refractivity contribution in [1.29, 1.82) is 0 Å². The third kappa shape index (κ3) is 2.90. The predicted molar refractivity (Wildman–Crippen MR) is 109 cm³/mol. The van der Waals surface area contributed by atoms with E-state index in [0.29, 0.717) is 6.42 Å². The van der Waals surface area contributed by atoms with Crippen LogP contribution in [0.25, 0.3) is 10.2 Å². The number of ketones is 1. The average Bonchev–Trinajstić information content (AvgIpc) is 3.11. The summed E-state index contributed by atoms with van der Waals surface area (Å²) in [6.45, 7) is 3.92. The van der Waals surface area contributed by atoms with Gasteiger partial charge in [-0.25, -0.2) is 4.98 Å². The number of aromatic nitrogens is 1. The molecule has 0 atom stereocenters. The van der Waals surface area contributed by atoms with E-state index in [1.54, 1.807) is 11.3 Å². The molecule has 5 rings (SSSR count). The molecule has 27 heavy (non-hydrogen) atoms. The van der Waals surface area contributed by atoms with Gasteiger partial charge in [0.2, 0.25) is 0 Å². The van der Waals surface area contributed by atoms with E-state index >= 15 is 0 Å². The van der Waals surface area contributed by atoms with Crippen molar-refractivity contribution in [3.63, 3.8) is 0 Å². The van der Waals surface area contributed by atoms with Gasteiger partial charge in [-0.05, 0) is 36.2 Å². The van der Waals surface area contributed by atoms with E-state index in [4.69, 9.17) is 9.72 Å². The lowest BCUT2D eigenvalue weighted by Crippen LogP contribution is -2.51. The van der Waals surface area contributed by atoms with E-state index in [0.717, 1.165) is 54.3 Å². The largest absolute Gasteiger partial charge is 0.486 e. The summed E-state index contributed by atoms with van der Waals surface area (Å²) in [5.41, 5.74) is 2.80. The number of carbonyl (C=O) groups is 1. The lowest BCUT2D eigenvalue weighted by molar-refractivity contribution is 0.0232. The number of Topliss-reactive ketones (excluding diaryl/α,β-unsaturated/α-hetero) is 1. The Morgan fingerprint density at radius 1 is 1.19 bits per heavy atom. The molecule has 3 heterocycles. The number of nitrogens with zero attached hydrogens (tertiary/aromatic N) is 2. The van der Waals surface area contributed by atoms with Crippen LogP contribution in [-0.4, -0.2) is 29.5 Å². The molecular formula is C22H22N2O2S. The summed E-state index contributed by atoms with van der Waals surface area (Å²) in [5, 5.41) is 1.08. The molecule has 1 aromatic heterocycles. The molecule has 2 aromatic carbocycles. The number of piperidine rings is 1. The van der Waals surface area contributed by atoms with Crippen molar-refractivity contribution in [3.8, 4) is 5.75 Å². The van der Waals surface area contributed by atoms with Crippen molar-refractivity contribution in [2.45, 2.75) is 38.2 Å². The van der Waals surface area contributed by atoms with Crippen molar-refractivity contribution in [2.24, 2.45) is 0 Å². The number of thiazole rings is 1. The topological polar surface area (TPSA) is 42.4 Å². The minimum absolute atomic E-state index is 0.206. The van der Waals surface area contributed by atoms with Gasteiger partial charge in [0.25, 0.3) is 0 Å². The maximum absolute atomic E-state index is 12.6. The van der Waals surface area contributed by atoms with E-state index in [9.17, 15) is 4.79 Å². The quantitative estimate of drug-likeness (QED) is 0.638. The van der Waals surface area contributed by atoms with Gasteiger partial charge in [0, 0.05) is 25.9 Å². The average molecular weight is 378 g/mol. The van der Waals surface area contributed by atoms with Gasteiger partial charge in [-0.1, -0.05) is 36.5 Å². The molecule has 0 N–H and O–H groups in total. The highest BCUT2D eigenvalue weighted by atomic mass is 32.1. The van der Waals surface area contributed by atoms with Gasteiger partial charge in [0.15, 0.2) is 10.9 Å². The second-order valence-electron chi connectivity index (χ2n) is 7.52. The number of anilines is 1. The molecule has 0 unspecified atom stereocenters. The summed E-state index contributed by atoms with van der Waals surface area (Å²) in [6, 6.07) is 14.2. The van der Waals surface area contributed by atoms with Crippen molar-refractivity contribution in [1.82, 2.24) is 4.98 Å². The van der Waals surface area contributed by atoms with Gasteiger partial charge in [-0.3, -0.25) is 4.79 Å². The first-order valence-electron chi connectivity index (χ1n) is 9.61. The van der Waals surface area contributed by atoms with E-state index < -0.39 is 0 Å². The number of aryl methyl sites for hydroxylation is 1. The molecule has 1 spiro atoms. The number of ether oxygens (including phenoxy) is 1. The summed E-state index contributed by atoms with van der Waals surface area (Å²) in [6.07, 6.45) is 3.23. The van der Waals surface area contributed by atoms with Crippen LogP contribution in [0.3, 0.4) is 0 Å². The fourth-order valence-electron chi connectivity index (χ4n) is 4.14. The smallest absolute Gasteiger partial charge is 0.186 e. The zero-order chi connectivity index (χ0) is 18.4. The molecule has 0 saturated carbocycles. The predicted octanol–water partition coefficient (Wildman–Crippen LogP) is 4.86. The first-order valence-corrected chi connectivity index (χ1v) is 10.4. The minimum Gasteiger partial charge on any atom is -0.486 e. The standard InChI is InChI=1S/C22H22N2O2S/c1-2-15-7-8-17-20(13-15)27-21(23-17)24-11-9-22(10-12-24)14-18(25)16-5-3-4-6-19(16)26-22/h3-8,13H,2,9-12,14H2,1H3. The van der Waals surface area contributed by atoms with E-state index in [2.05, 4.69) is 30.0 Å². The maximum atomic E-state index is 12.6. The summed E-state index contributed by atoms with van der Waals surface area (Å²) >= 11 is 1.76. The van der Waals surface area contributed by atoms with Crippen LogP contribution in [-0.2, 0) is 6.42 Å². The highest BCUT2D eigenvalue weighted by molar-refractivity contribution is 7.22. The number of hydrogen-bond acceptors (Lipinski definition) is 5. The minimum atomic E-state index is -0.353. The van der Waals surface area contributed by atoms with E-state index in [1.165, 1.54) is 10.3 Å². The van der Waals surface area contributed by atoms with E-state index in [1.807, 2.05) is 24.3 Å². The second-order valence-corrected chi connectivity index (χ2v) is 8.53. The molecule has 0 amide bonds. The SMILES string of the molecule is CCc1ccc2nc(N3CCC4(CC3)CC(=O)c3ccccc3O4)sc2c1. The summed E-state index contributed by atoms with van der Waals surface area (Å²) in [7, 11) is 0. The molecule has 3 aromatic rings. The molecule has 138 valence electrons. The number of benzene rings is 2. The first kappa shape index (κ1) is 16.8. The van der Waals surface area contributed by atoms with Crippen LogP contribution >= 0.6 is 11.3 Å². The Morgan fingerprint density at radius 2 is 2.00 bits per heavy atom. The Labute approximate surface area is 162 Å². The lowest BCUT2D eigenvalue weighted by Gasteiger charge is -2.43. The summed E-state index contributed by atoms with van der Waals surface area (Å²) in [4.78, 5) is 19.8. The summed E-state index contributed by atoms with van der Waals surface area (Å²) in [5.74, 6) is 0.951. The van der Waals surface area contributed by atoms with Crippen LogP contribution in [0.4, 0.5) is 5.13 Å². The van der Waals surface area contributed by atoms with Crippen LogP contribution in [0.5, 0.6) is 5.75 Å². The van der Waals surface area contributed by atoms with E-state index in [-0.39, 0.29) is 11.4 Å². The van der Waals surface area contributed by atoms with Crippen molar-refractivity contribution >= 4 is 32.5 Å². The number of rotatable bonds is 2. The number of carbonyl (C=O) groups excluding carboxylic acids is 1. The molecule has 5 heteroatoms. The normalized spacial score (nSPS) is 18.6. The van der Waals surface area contributed by atoms with Crippen molar-refractivity contribution in [2.75, 3.05) is 18.0 Å². The second kappa shape index (κ2) is 6.34. The maximum Gasteiger partial charge on any atom is 0.186 e. The van der Waals surface area contributed by atoms with Crippen molar-refractivity contribution < 1.29 is 9.53 Å². The van der Waals surface area contributed by atoms with Crippen molar-refractivity contribution in [3.05, 3.63) is 53.6 Å². The molecule has 2 aliphatic rings. The molecule has 0 bridgehead atoms. The molecular weight excluding hydrogens is 356 g/mol. The fourth-order valence-corrected chi connectivity index (χ4v) is 5.22. The highest BCUT2D eigenvalue weighted by Gasteiger charge is 2.43. The molecule has 1 fully saturated rings. The Balaban J connectivity index is 1.35.